The van der Waals surface area contributed by atoms with Gasteiger partial charge in [-0.15, -0.1) is 13.2 Å². The third-order valence-corrected chi connectivity index (χ3v) is 1.68. The number of nitrogen functional groups attached to an aromatic ring is 1. The number of ether oxygens (including phenoxy) is 2. The van der Waals surface area contributed by atoms with Gasteiger partial charge in [-0.3, -0.25) is 0 Å². The van der Waals surface area contributed by atoms with Gasteiger partial charge in [0.15, 0.2) is 11.5 Å². The van der Waals surface area contributed by atoms with Crippen LogP contribution in [-0.2, 0) is 0 Å². The van der Waals surface area contributed by atoms with Gasteiger partial charge in [0.2, 0.25) is 0 Å². The molecule has 0 aromatic heterocycles. The van der Waals surface area contributed by atoms with Crippen LogP contribution in [0.15, 0.2) is 12.1 Å². The fraction of sp³-hybridized carbons (Fsp3) is 0.222. The Morgan fingerprint density at radius 2 is 2.00 bits per heavy atom. The normalized spacial score (nSPS) is 11.1. The van der Waals surface area contributed by atoms with Crippen LogP contribution in [0.2, 0.25) is 0 Å². The van der Waals surface area contributed by atoms with E-state index in [9.17, 15) is 18.0 Å². The van der Waals surface area contributed by atoms with Crippen molar-refractivity contribution < 1.29 is 32.5 Å². The summed E-state index contributed by atoms with van der Waals surface area (Å²) in [5.74, 6) is -1.33. The second kappa shape index (κ2) is 4.40. The minimum Gasteiger partial charge on any atom is -0.449 e. The van der Waals surface area contributed by atoms with Crippen LogP contribution in [0.1, 0.15) is 5.56 Å². The number of anilines is 1. The van der Waals surface area contributed by atoms with Gasteiger partial charge in [0.25, 0.3) is 0 Å². The Balaban J connectivity index is 3.20. The zero-order chi connectivity index (χ0) is 13.2. The van der Waals surface area contributed by atoms with E-state index < -0.39 is 24.0 Å². The van der Waals surface area contributed by atoms with Crippen LogP contribution in [0.5, 0.6) is 11.5 Å². The maximum atomic E-state index is 12.1. The first kappa shape index (κ1) is 12.9. The third kappa shape index (κ3) is 3.74. The molecule has 0 aliphatic heterocycles. The highest BCUT2D eigenvalue weighted by atomic mass is 19.4. The molecule has 0 atom stereocenters. The van der Waals surface area contributed by atoms with Gasteiger partial charge in [0, 0.05) is 11.8 Å². The van der Waals surface area contributed by atoms with E-state index in [1.165, 1.54) is 13.0 Å². The zero-order valence-corrected chi connectivity index (χ0v) is 8.54. The predicted octanol–water partition coefficient (Wildman–Crippen LogP) is 2.53. The number of carboxylic acid groups (broad SMARTS) is 1. The second-order valence-corrected chi connectivity index (χ2v) is 3.08. The third-order valence-electron chi connectivity index (χ3n) is 1.68. The van der Waals surface area contributed by atoms with Gasteiger partial charge in [-0.1, -0.05) is 0 Å². The van der Waals surface area contributed by atoms with E-state index in [0.717, 1.165) is 6.07 Å². The topological polar surface area (TPSA) is 81.8 Å². The van der Waals surface area contributed by atoms with Gasteiger partial charge in [0.05, 0.1) is 0 Å². The summed E-state index contributed by atoms with van der Waals surface area (Å²) in [6.45, 7) is 1.28. The molecule has 0 spiro atoms. The number of alkyl halides is 3. The van der Waals surface area contributed by atoms with Crippen molar-refractivity contribution in [1.82, 2.24) is 0 Å². The largest absolute Gasteiger partial charge is 0.573 e. The van der Waals surface area contributed by atoms with Gasteiger partial charge < -0.3 is 20.3 Å². The molecule has 1 aromatic rings. The Kier molecular flexibility index (Phi) is 3.35. The highest BCUT2D eigenvalue weighted by Crippen LogP contribution is 2.37. The summed E-state index contributed by atoms with van der Waals surface area (Å²) >= 11 is 0. The van der Waals surface area contributed by atoms with Crippen molar-refractivity contribution in [2.45, 2.75) is 13.3 Å². The molecule has 5 nitrogen and oxygen atoms in total. The molecule has 0 radical (unpaired) electrons. The predicted molar refractivity (Wildman–Crippen MR) is 50.9 cm³/mol. The smallest absolute Gasteiger partial charge is 0.449 e. The fourth-order valence-corrected chi connectivity index (χ4v) is 1.18. The maximum Gasteiger partial charge on any atom is 0.573 e. The lowest BCUT2D eigenvalue weighted by atomic mass is 10.2. The van der Waals surface area contributed by atoms with Crippen LogP contribution >= 0.6 is 0 Å². The van der Waals surface area contributed by atoms with Gasteiger partial charge in [-0.2, -0.15) is 0 Å². The number of hydrogen-bond acceptors (Lipinski definition) is 4. The molecule has 0 aliphatic rings. The molecule has 17 heavy (non-hydrogen) atoms. The molecule has 0 saturated heterocycles. The van der Waals surface area contributed by atoms with E-state index in [2.05, 4.69) is 9.47 Å². The van der Waals surface area contributed by atoms with Gasteiger partial charge >= 0.3 is 12.5 Å². The number of hydrogen-bond donors (Lipinski definition) is 2. The molecule has 94 valence electrons. The molecule has 1 aromatic carbocycles. The summed E-state index contributed by atoms with van der Waals surface area (Å²) in [5.41, 5.74) is 5.43. The van der Waals surface area contributed by atoms with Crippen LogP contribution in [0.4, 0.5) is 23.7 Å². The summed E-state index contributed by atoms with van der Waals surface area (Å²) in [7, 11) is 0. The highest BCUT2D eigenvalue weighted by molar-refractivity contribution is 5.66. The first-order valence-corrected chi connectivity index (χ1v) is 4.25. The summed E-state index contributed by atoms with van der Waals surface area (Å²) in [6.07, 6.45) is -6.71. The average Bonchev–Trinajstić information content (AvgIpc) is 2.08. The van der Waals surface area contributed by atoms with Gasteiger partial charge in [-0.25, -0.2) is 4.79 Å². The molecule has 3 N–H and O–H groups in total. The lowest BCUT2D eigenvalue weighted by Gasteiger charge is -2.15. The van der Waals surface area contributed by atoms with E-state index in [-0.39, 0.29) is 11.3 Å². The molecule has 0 heterocycles. The summed E-state index contributed by atoms with van der Waals surface area (Å²) < 4.78 is 44.1. The molecule has 0 aliphatic carbocycles. The van der Waals surface area contributed by atoms with E-state index in [0.29, 0.717) is 0 Å². The first-order valence-electron chi connectivity index (χ1n) is 4.25. The van der Waals surface area contributed by atoms with Crippen molar-refractivity contribution in [1.29, 1.82) is 0 Å². The molecule has 0 unspecified atom stereocenters. The van der Waals surface area contributed by atoms with Gasteiger partial charge in [-0.05, 0) is 18.6 Å². The van der Waals surface area contributed by atoms with Crippen molar-refractivity contribution >= 4 is 11.8 Å². The molecule has 8 heteroatoms. The van der Waals surface area contributed by atoms with Crippen molar-refractivity contribution in [3.63, 3.8) is 0 Å². The molecule has 0 fully saturated rings. The van der Waals surface area contributed by atoms with Crippen molar-refractivity contribution in [2.24, 2.45) is 0 Å². The summed E-state index contributed by atoms with van der Waals surface area (Å²) in [6, 6.07) is 2.14. The molecular formula is C9H8F3NO4. The Bertz CT molecular complexity index is 445. The summed E-state index contributed by atoms with van der Waals surface area (Å²) in [4.78, 5) is 10.3. The minimum atomic E-state index is -4.95. The maximum absolute atomic E-state index is 12.1. The Morgan fingerprint density at radius 3 is 2.47 bits per heavy atom. The number of halogens is 3. The molecule has 0 bridgehead atoms. The number of carbonyl (C=O) groups is 1. The second-order valence-electron chi connectivity index (χ2n) is 3.08. The quantitative estimate of drug-likeness (QED) is 0.479. The van der Waals surface area contributed by atoms with Crippen LogP contribution in [0.25, 0.3) is 0 Å². The number of aryl methyl sites for hydroxylation is 1. The van der Waals surface area contributed by atoms with E-state index in [1.54, 1.807) is 0 Å². The van der Waals surface area contributed by atoms with E-state index in [4.69, 9.17) is 10.8 Å². The van der Waals surface area contributed by atoms with Crippen LogP contribution in [0.3, 0.4) is 0 Å². The lowest BCUT2D eigenvalue weighted by molar-refractivity contribution is -0.275. The first-order chi connectivity index (χ1) is 7.69. The Morgan fingerprint density at radius 1 is 1.41 bits per heavy atom. The minimum absolute atomic E-state index is 0.0126. The summed E-state index contributed by atoms with van der Waals surface area (Å²) in [5, 5.41) is 8.37. The zero-order valence-electron chi connectivity index (χ0n) is 8.54. The fourth-order valence-electron chi connectivity index (χ4n) is 1.18. The van der Waals surface area contributed by atoms with E-state index in [1.807, 2.05) is 0 Å². The monoisotopic (exact) mass is 251 g/mol. The molecule has 0 saturated carbocycles. The Labute approximate surface area is 93.5 Å². The van der Waals surface area contributed by atoms with Crippen LogP contribution in [-0.4, -0.2) is 17.6 Å². The SMILES string of the molecule is Cc1cc(N)cc(OC(=O)O)c1OC(F)(F)F. The molecule has 0 amide bonds. The molecular weight excluding hydrogens is 243 g/mol. The van der Waals surface area contributed by atoms with E-state index >= 15 is 0 Å². The van der Waals surface area contributed by atoms with Gasteiger partial charge in [0.1, 0.15) is 0 Å². The van der Waals surface area contributed by atoms with Crippen molar-refractivity contribution in [3.05, 3.63) is 17.7 Å². The number of benzene rings is 1. The van der Waals surface area contributed by atoms with Crippen molar-refractivity contribution in [2.75, 3.05) is 5.73 Å². The molecule has 1 rings (SSSR count). The lowest BCUT2D eigenvalue weighted by Crippen LogP contribution is -2.19. The average molecular weight is 251 g/mol. The number of rotatable bonds is 2. The van der Waals surface area contributed by atoms with Crippen molar-refractivity contribution in [3.8, 4) is 11.5 Å². The number of nitrogens with two attached hydrogens (primary N) is 1. The Hall–Kier alpha value is -2.12. The highest BCUT2D eigenvalue weighted by Gasteiger charge is 2.33. The van der Waals surface area contributed by atoms with Crippen LogP contribution < -0.4 is 15.2 Å². The standard InChI is InChI=1S/C9H8F3NO4/c1-4-2-5(13)3-6(16-8(14)15)7(4)17-9(10,11)12/h2-3H,13H2,1H3,(H,14,15). The van der Waals surface area contributed by atoms with Crippen LogP contribution in [0, 0.1) is 6.92 Å².